The Kier molecular flexibility index (Phi) is 8.73. The molecule has 0 fully saturated rings. The van der Waals surface area contributed by atoms with Crippen molar-refractivity contribution in [3.05, 3.63) is 80.2 Å². The van der Waals surface area contributed by atoms with Gasteiger partial charge in [-0.15, -0.1) is 0 Å². The molecule has 0 spiro atoms. The first-order chi connectivity index (χ1) is 12.3. The predicted octanol–water partition coefficient (Wildman–Crippen LogP) is 0.706. The number of rotatable bonds is 4. The molecule has 27 heavy (non-hydrogen) atoms. The van der Waals surface area contributed by atoms with Gasteiger partial charge in [-0.25, -0.2) is 0 Å². The van der Waals surface area contributed by atoms with Gasteiger partial charge in [0.05, 0.1) is 0 Å². The van der Waals surface area contributed by atoms with Gasteiger partial charge < -0.3 is 24.8 Å². The van der Waals surface area contributed by atoms with Gasteiger partial charge in [-0.05, 0) is 0 Å². The average molecular weight is 479 g/mol. The van der Waals surface area contributed by atoms with Crippen LogP contribution in [0, 0.1) is 0 Å². The molecule has 0 saturated heterocycles. The van der Waals surface area contributed by atoms with Gasteiger partial charge in [0.1, 0.15) is 0 Å². The van der Waals surface area contributed by atoms with Gasteiger partial charge in [0.2, 0.25) is 0 Å². The van der Waals surface area contributed by atoms with E-state index >= 15 is 0 Å². The molecule has 0 radical (unpaired) electrons. The van der Waals surface area contributed by atoms with E-state index in [1.54, 1.807) is 14.4 Å². The third-order valence-corrected chi connectivity index (χ3v) is 14.2. The van der Waals surface area contributed by atoms with Crippen LogP contribution in [0.3, 0.4) is 0 Å². The molecule has 0 nitrogen and oxygen atoms in total. The number of hydrogen-bond acceptors (Lipinski definition) is 0. The van der Waals surface area contributed by atoms with E-state index < -0.39 is 21.3 Å². The Morgan fingerprint density at radius 2 is 1.81 bits per heavy atom. The van der Waals surface area contributed by atoms with Crippen molar-refractivity contribution in [3.8, 4) is 0 Å². The molecule has 1 aromatic rings. The van der Waals surface area contributed by atoms with E-state index in [0.717, 1.165) is 3.63 Å². The van der Waals surface area contributed by atoms with Gasteiger partial charge in [-0.3, -0.25) is 0 Å². The first-order valence-corrected chi connectivity index (χ1v) is 13.7. The molecule has 0 heterocycles. The summed E-state index contributed by atoms with van der Waals surface area (Å²) in [6, 6.07) is 11.2. The summed E-state index contributed by atoms with van der Waals surface area (Å²) in [6.07, 6.45) is 18.0. The first-order valence-electron chi connectivity index (χ1n) is 9.84. The molecule has 1 aromatic carbocycles. The quantitative estimate of drug-likeness (QED) is 0.598. The zero-order valence-electron chi connectivity index (χ0n) is 16.3. The minimum Gasteiger partial charge on any atom is -1.00 e. The van der Waals surface area contributed by atoms with Gasteiger partial charge in [-0.2, -0.15) is 0 Å². The summed E-state index contributed by atoms with van der Waals surface area (Å²) in [4.78, 5) is 0. The Labute approximate surface area is 184 Å². The summed E-state index contributed by atoms with van der Waals surface area (Å²) in [5, 5.41) is 0. The molecule has 3 aliphatic carbocycles. The van der Waals surface area contributed by atoms with Crippen LogP contribution < -0.4 is 24.8 Å². The maximum absolute atomic E-state index is 2.60. The monoisotopic (exact) mass is 476 g/mol. The molecular weight excluding hydrogens is 450 g/mol. The van der Waals surface area contributed by atoms with E-state index in [-0.39, 0.29) is 24.8 Å². The van der Waals surface area contributed by atoms with Crippen LogP contribution in [-0.2, 0) is 21.3 Å². The number of halogens is 2. The van der Waals surface area contributed by atoms with Crippen LogP contribution in [0.15, 0.2) is 74.6 Å². The number of allylic oxidation sites excluding steroid dienone is 8. The fourth-order valence-corrected chi connectivity index (χ4v) is 13.1. The van der Waals surface area contributed by atoms with Crippen molar-refractivity contribution in [3.63, 3.8) is 0 Å². The maximum Gasteiger partial charge on any atom is -1.00 e. The van der Waals surface area contributed by atoms with E-state index in [0.29, 0.717) is 0 Å². The van der Waals surface area contributed by atoms with Crippen LogP contribution in [0.5, 0.6) is 0 Å². The smallest absolute Gasteiger partial charge is 1.00 e. The number of benzene rings is 1. The zero-order valence-corrected chi connectivity index (χ0v) is 20.2. The van der Waals surface area contributed by atoms with Crippen LogP contribution in [0.2, 0.25) is 3.63 Å². The predicted molar refractivity (Wildman–Crippen MR) is 106 cm³/mol. The fourth-order valence-electron chi connectivity index (χ4n) is 4.63. The fraction of sp³-hybridized carbons (Fsp3) is 0.375. The summed E-state index contributed by atoms with van der Waals surface area (Å²) in [7, 11) is 0. The molecule has 0 amide bonds. The topological polar surface area (TPSA) is 0 Å². The van der Waals surface area contributed by atoms with Crippen molar-refractivity contribution in [2.45, 2.75) is 56.0 Å². The number of hydrogen-bond donors (Lipinski definition) is 0. The zero-order chi connectivity index (χ0) is 17.2. The Morgan fingerprint density at radius 3 is 2.52 bits per heavy atom. The summed E-state index contributed by atoms with van der Waals surface area (Å²) in [6.45, 7) is 4.74. The Hall–Kier alpha value is -0.487. The van der Waals surface area contributed by atoms with E-state index in [1.165, 1.54) is 44.1 Å². The molecule has 142 valence electrons. The van der Waals surface area contributed by atoms with Crippen LogP contribution >= 0.6 is 0 Å². The molecule has 0 saturated carbocycles. The first kappa shape index (κ1) is 22.8. The summed E-state index contributed by atoms with van der Waals surface area (Å²) in [5.74, 6) is 0. The van der Waals surface area contributed by atoms with Crippen molar-refractivity contribution < 1.29 is 46.1 Å². The summed E-state index contributed by atoms with van der Waals surface area (Å²) < 4.78 is 4.32. The summed E-state index contributed by atoms with van der Waals surface area (Å²) in [5.41, 5.74) is 6.56. The molecule has 0 aromatic heterocycles. The second kappa shape index (κ2) is 10.3. The van der Waals surface area contributed by atoms with Gasteiger partial charge in [-0.1, -0.05) is 0 Å². The van der Waals surface area contributed by atoms with Crippen molar-refractivity contribution in [2.75, 3.05) is 0 Å². The molecule has 1 atom stereocenters. The summed E-state index contributed by atoms with van der Waals surface area (Å²) >= 11 is -1.95. The van der Waals surface area contributed by atoms with Crippen LogP contribution in [-0.4, -0.2) is 3.21 Å². The molecular formula is C24H28Cl2Zr. The van der Waals surface area contributed by atoms with Crippen LogP contribution in [0.25, 0.3) is 0 Å². The largest absolute Gasteiger partial charge is 1.00 e. The Bertz CT molecular complexity index is 825. The molecule has 0 N–H and O–H groups in total. The van der Waals surface area contributed by atoms with Gasteiger partial charge in [0, 0.05) is 0 Å². The Morgan fingerprint density at radius 1 is 1.07 bits per heavy atom. The second-order valence-corrected chi connectivity index (χ2v) is 14.5. The van der Waals surface area contributed by atoms with Gasteiger partial charge in [0.15, 0.2) is 0 Å². The standard InChI is InChI=1S/C9H11.C8H8.C7H9.2ClH.Zr/c1-2-5-9-7-3-6-8(9)4-1;1-2-8-6-4-3-5-7-8;1-2-7-5-3-4-6-7;;;/h3,6-7H,1-2,4-5H2;3-7H,1H3;5-6H,2-3H2,1H3;2*1H;/q;;;;;+2/p-2. The van der Waals surface area contributed by atoms with E-state index in [4.69, 9.17) is 0 Å². The van der Waals surface area contributed by atoms with Crippen LogP contribution in [0.4, 0.5) is 0 Å². The molecule has 3 heteroatoms. The third-order valence-electron chi connectivity index (χ3n) is 6.04. The molecule has 0 bridgehead atoms. The second-order valence-electron chi connectivity index (χ2n) is 7.51. The molecule has 1 unspecified atom stereocenters. The third kappa shape index (κ3) is 4.75. The van der Waals surface area contributed by atoms with Crippen LogP contribution in [0.1, 0.15) is 57.9 Å². The van der Waals surface area contributed by atoms with E-state index in [9.17, 15) is 0 Å². The minimum absolute atomic E-state index is 0. The SMILES string of the molecule is CCC1=CC[C](/[Zr+2](=[C](/C)c2ccccc2)[CH]2C=CC3=C2CCCC3)=C1.[Cl-].[Cl-]. The Balaban J connectivity index is 0.00000131. The average Bonchev–Trinajstić information content (AvgIpc) is 3.30. The molecule has 4 rings (SSSR count). The van der Waals surface area contributed by atoms with Crippen molar-refractivity contribution in [2.24, 2.45) is 0 Å². The normalized spacial score (nSPS) is 21.0. The van der Waals surface area contributed by atoms with Gasteiger partial charge >= 0.3 is 161 Å². The van der Waals surface area contributed by atoms with E-state index in [2.05, 4.69) is 68.5 Å². The van der Waals surface area contributed by atoms with Gasteiger partial charge in [0.25, 0.3) is 0 Å². The maximum atomic E-state index is 2.60. The minimum atomic E-state index is -1.95. The van der Waals surface area contributed by atoms with Crippen molar-refractivity contribution in [1.82, 2.24) is 0 Å². The molecule has 3 aliphatic rings. The van der Waals surface area contributed by atoms with E-state index in [1.807, 2.05) is 8.85 Å². The van der Waals surface area contributed by atoms with Crippen molar-refractivity contribution >= 4 is 3.21 Å². The molecule has 0 aliphatic heterocycles. The van der Waals surface area contributed by atoms with Crippen molar-refractivity contribution in [1.29, 1.82) is 0 Å².